The minimum atomic E-state index is -0.329. The summed E-state index contributed by atoms with van der Waals surface area (Å²) in [7, 11) is 0. The molecule has 0 bridgehead atoms. The molecule has 23 heavy (non-hydrogen) atoms. The van der Waals surface area contributed by atoms with E-state index in [1.807, 2.05) is 28.9 Å². The highest BCUT2D eigenvalue weighted by atomic mass is 16.5. The zero-order valence-electron chi connectivity index (χ0n) is 13.7. The van der Waals surface area contributed by atoms with Gasteiger partial charge in [-0.3, -0.25) is 4.68 Å². The Morgan fingerprint density at radius 1 is 1.30 bits per heavy atom. The molecule has 2 aromatic heterocycles. The minimum absolute atomic E-state index is 0.267. The summed E-state index contributed by atoms with van der Waals surface area (Å²) in [6, 6.07) is 12.0. The van der Waals surface area contributed by atoms with Gasteiger partial charge in [-0.05, 0) is 24.5 Å². The second-order valence-corrected chi connectivity index (χ2v) is 5.85. The van der Waals surface area contributed by atoms with Gasteiger partial charge in [0.25, 0.3) is 0 Å². The second-order valence-electron chi connectivity index (χ2n) is 5.85. The predicted molar refractivity (Wildman–Crippen MR) is 89.7 cm³/mol. The Labute approximate surface area is 135 Å². The molecule has 0 aliphatic carbocycles. The number of aromatic amines is 1. The lowest BCUT2D eigenvalue weighted by Gasteiger charge is -2.04. The number of hydrogen-bond donors (Lipinski definition) is 1. The van der Waals surface area contributed by atoms with E-state index in [0.717, 1.165) is 16.7 Å². The Morgan fingerprint density at radius 3 is 2.70 bits per heavy atom. The fourth-order valence-electron chi connectivity index (χ4n) is 2.68. The van der Waals surface area contributed by atoms with E-state index in [0.29, 0.717) is 18.8 Å². The first-order valence-electron chi connectivity index (χ1n) is 7.90. The Hall–Kier alpha value is -2.56. The standard InChI is InChI=1S/C18H21N3O2/c1-4-23-18(22)14-10-15-17(19-14)16(12(2)3)20-21(15)11-13-8-6-5-7-9-13/h5-10,12,19H,4,11H2,1-3H3. The van der Waals surface area contributed by atoms with E-state index in [4.69, 9.17) is 9.84 Å². The number of carbonyl (C=O) groups is 1. The van der Waals surface area contributed by atoms with Crippen molar-refractivity contribution in [3.05, 3.63) is 53.3 Å². The Morgan fingerprint density at radius 2 is 2.04 bits per heavy atom. The molecule has 5 nitrogen and oxygen atoms in total. The van der Waals surface area contributed by atoms with Crippen molar-refractivity contribution < 1.29 is 9.53 Å². The lowest BCUT2D eigenvalue weighted by Crippen LogP contribution is -2.06. The molecule has 2 heterocycles. The third-order valence-electron chi connectivity index (χ3n) is 3.78. The van der Waals surface area contributed by atoms with Crippen LogP contribution in [0.15, 0.2) is 36.4 Å². The number of rotatable bonds is 5. The molecule has 0 fully saturated rings. The number of nitrogens with zero attached hydrogens (tertiary/aromatic N) is 2. The van der Waals surface area contributed by atoms with E-state index in [1.54, 1.807) is 6.92 Å². The molecule has 3 aromatic rings. The van der Waals surface area contributed by atoms with Crippen LogP contribution >= 0.6 is 0 Å². The van der Waals surface area contributed by atoms with Crippen LogP contribution in [-0.4, -0.2) is 27.3 Å². The fraction of sp³-hybridized carbons (Fsp3) is 0.333. The maximum absolute atomic E-state index is 12.0. The summed E-state index contributed by atoms with van der Waals surface area (Å²) in [6.07, 6.45) is 0. The lowest BCUT2D eigenvalue weighted by atomic mass is 10.1. The van der Waals surface area contributed by atoms with E-state index in [1.165, 1.54) is 5.56 Å². The molecule has 0 saturated carbocycles. The first kappa shape index (κ1) is 15.3. The average molecular weight is 311 g/mol. The summed E-state index contributed by atoms with van der Waals surface area (Å²) in [4.78, 5) is 15.2. The van der Waals surface area contributed by atoms with Crippen molar-refractivity contribution >= 4 is 17.0 Å². The van der Waals surface area contributed by atoms with Crippen molar-refractivity contribution in [2.24, 2.45) is 0 Å². The molecule has 3 rings (SSSR count). The van der Waals surface area contributed by atoms with Crippen LogP contribution in [0.3, 0.4) is 0 Å². The smallest absolute Gasteiger partial charge is 0.354 e. The van der Waals surface area contributed by atoms with Crippen molar-refractivity contribution in [2.75, 3.05) is 6.61 Å². The first-order chi connectivity index (χ1) is 11.1. The van der Waals surface area contributed by atoms with Gasteiger partial charge in [0.15, 0.2) is 0 Å². The number of aromatic nitrogens is 3. The zero-order chi connectivity index (χ0) is 16.4. The molecule has 0 aliphatic heterocycles. The predicted octanol–water partition coefficient (Wildman–Crippen LogP) is 3.71. The van der Waals surface area contributed by atoms with Crippen molar-refractivity contribution in [1.29, 1.82) is 0 Å². The van der Waals surface area contributed by atoms with Crippen LogP contribution in [0.5, 0.6) is 0 Å². The van der Waals surface area contributed by atoms with Gasteiger partial charge in [0.05, 0.1) is 29.9 Å². The van der Waals surface area contributed by atoms with Gasteiger partial charge in [0, 0.05) is 0 Å². The molecule has 0 spiro atoms. The molecule has 1 N–H and O–H groups in total. The van der Waals surface area contributed by atoms with E-state index in [-0.39, 0.29) is 11.9 Å². The van der Waals surface area contributed by atoms with Crippen molar-refractivity contribution in [2.45, 2.75) is 33.2 Å². The summed E-state index contributed by atoms with van der Waals surface area (Å²) in [5, 5.41) is 4.72. The molecular formula is C18H21N3O2. The van der Waals surface area contributed by atoms with Crippen molar-refractivity contribution in [3.8, 4) is 0 Å². The number of ether oxygens (including phenoxy) is 1. The molecule has 1 aromatic carbocycles. The second kappa shape index (κ2) is 6.28. The third kappa shape index (κ3) is 2.99. The van der Waals surface area contributed by atoms with Gasteiger partial charge in [-0.15, -0.1) is 0 Å². The molecule has 0 aliphatic rings. The number of benzene rings is 1. The Bertz CT molecular complexity index is 816. The molecule has 0 atom stereocenters. The van der Waals surface area contributed by atoms with Crippen LogP contribution in [0, 0.1) is 0 Å². The van der Waals surface area contributed by atoms with Crippen molar-refractivity contribution in [1.82, 2.24) is 14.8 Å². The summed E-state index contributed by atoms with van der Waals surface area (Å²) in [5.74, 6) is -0.0621. The number of esters is 1. The molecule has 5 heteroatoms. The molecule has 120 valence electrons. The highest BCUT2D eigenvalue weighted by Crippen LogP contribution is 2.26. The van der Waals surface area contributed by atoms with E-state index in [2.05, 4.69) is 31.0 Å². The number of hydrogen-bond acceptors (Lipinski definition) is 3. The summed E-state index contributed by atoms with van der Waals surface area (Å²) < 4.78 is 7.03. The van der Waals surface area contributed by atoms with Gasteiger partial charge in [0.1, 0.15) is 5.69 Å². The number of H-pyrrole nitrogens is 1. The zero-order valence-corrected chi connectivity index (χ0v) is 13.7. The molecule has 0 saturated heterocycles. The highest BCUT2D eigenvalue weighted by Gasteiger charge is 2.19. The topological polar surface area (TPSA) is 59.9 Å². The highest BCUT2D eigenvalue weighted by molar-refractivity contribution is 5.94. The van der Waals surface area contributed by atoms with Gasteiger partial charge in [0.2, 0.25) is 0 Å². The lowest BCUT2D eigenvalue weighted by molar-refractivity contribution is 0.0520. The number of carbonyl (C=O) groups excluding carboxylic acids is 1. The van der Waals surface area contributed by atoms with Gasteiger partial charge in [-0.1, -0.05) is 44.2 Å². The SMILES string of the molecule is CCOC(=O)c1cc2c([nH]1)c(C(C)C)nn2Cc1ccccc1. The van der Waals surface area contributed by atoms with Gasteiger partial charge in [-0.25, -0.2) is 4.79 Å². The normalized spacial score (nSPS) is 11.3. The minimum Gasteiger partial charge on any atom is -0.461 e. The summed E-state index contributed by atoms with van der Waals surface area (Å²) in [5.41, 5.74) is 4.46. The summed E-state index contributed by atoms with van der Waals surface area (Å²) >= 11 is 0. The fourth-order valence-corrected chi connectivity index (χ4v) is 2.68. The number of fused-ring (bicyclic) bond motifs is 1. The van der Waals surface area contributed by atoms with Gasteiger partial charge >= 0.3 is 5.97 Å². The Balaban J connectivity index is 2.05. The van der Waals surface area contributed by atoms with Crippen molar-refractivity contribution in [3.63, 3.8) is 0 Å². The van der Waals surface area contributed by atoms with Crippen LogP contribution in [-0.2, 0) is 11.3 Å². The first-order valence-corrected chi connectivity index (χ1v) is 7.90. The Kier molecular flexibility index (Phi) is 4.19. The van der Waals surface area contributed by atoms with E-state index in [9.17, 15) is 4.79 Å². The van der Waals surface area contributed by atoms with Crippen LogP contribution in [0.1, 0.15) is 48.4 Å². The van der Waals surface area contributed by atoms with Crippen LogP contribution in [0.4, 0.5) is 0 Å². The molecule has 0 unspecified atom stereocenters. The largest absolute Gasteiger partial charge is 0.461 e. The van der Waals surface area contributed by atoms with Gasteiger partial charge < -0.3 is 9.72 Å². The van der Waals surface area contributed by atoms with Gasteiger partial charge in [-0.2, -0.15) is 5.10 Å². The summed E-state index contributed by atoms with van der Waals surface area (Å²) in [6.45, 7) is 7.03. The molecular weight excluding hydrogens is 290 g/mol. The maximum Gasteiger partial charge on any atom is 0.354 e. The molecule has 0 radical (unpaired) electrons. The molecule has 0 amide bonds. The van der Waals surface area contributed by atoms with Crippen LogP contribution < -0.4 is 0 Å². The van der Waals surface area contributed by atoms with Crippen LogP contribution in [0.25, 0.3) is 11.0 Å². The van der Waals surface area contributed by atoms with Crippen LogP contribution in [0.2, 0.25) is 0 Å². The average Bonchev–Trinajstić information content (AvgIpc) is 3.09. The van der Waals surface area contributed by atoms with E-state index < -0.39 is 0 Å². The monoisotopic (exact) mass is 311 g/mol. The van der Waals surface area contributed by atoms with E-state index >= 15 is 0 Å². The third-order valence-corrected chi connectivity index (χ3v) is 3.78. The maximum atomic E-state index is 12.0. The number of nitrogens with one attached hydrogen (secondary N) is 1. The quantitative estimate of drug-likeness (QED) is 0.731.